The summed E-state index contributed by atoms with van der Waals surface area (Å²) in [6, 6.07) is 15.4. The van der Waals surface area contributed by atoms with Crippen LogP contribution in [0, 0.1) is 14.9 Å². The van der Waals surface area contributed by atoms with Gasteiger partial charge in [0.05, 0.1) is 42.3 Å². The van der Waals surface area contributed by atoms with Crippen molar-refractivity contribution in [1.29, 1.82) is 0 Å². The molecule has 0 saturated carbocycles. The second kappa shape index (κ2) is 38.7. The second-order valence-electron chi connectivity index (χ2n) is 25.0. The van der Waals surface area contributed by atoms with E-state index >= 15 is 0 Å². The predicted octanol–water partition coefficient (Wildman–Crippen LogP) is 16.0. The molecule has 13 rings (SSSR count). The number of halogens is 4. The Bertz CT molecular complexity index is 4140. The van der Waals surface area contributed by atoms with E-state index in [1.165, 1.54) is 33.1 Å². The number of carbonyl (C=O) groups excluding carboxylic acids is 3. The maximum atomic E-state index is 12.8. The van der Waals surface area contributed by atoms with Crippen molar-refractivity contribution in [3.05, 3.63) is 156 Å². The fourth-order valence-corrected chi connectivity index (χ4v) is 13.7. The van der Waals surface area contributed by atoms with Gasteiger partial charge in [-0.05, 0) is 138 Å². The zero-order valence-corrected chi connectivity index (χ0v) is 62.3. The summed E-state index contributed by atoms with van der Waals surface area (Å²) in [5, 5.41) is 68.6. The third-order valence-corrected chi connectivity index (χ3v) is 19.2. The molecule has 4 aliphatic rings. The number of alkyl halides is 3. The number of benzene rings is 1. The van der Waals surface area contributed by atoms with Crippen LogP contribution < -0.4 is 20.3 Å². The zero-order valence-electron chi connectivity index (χ0n) is 55.9. The minimum absolute atomic E-state index is 0. The van der Waals surface area contributed by atoms with Crippen molar-refractivity contribution >= 4 is 104 Å². The molecule has 0 fully saturated rings. The molecule has 0 bridgehead atoms. The molecule has 0 spiro atoms. The molecular formula is C68H96BClF3N13O10PdS5. The normalized spacial score (nSPS) is 16.3. The molecular weight excluding hydrogens is 1530 g/mol. The molecule has 23 nitrogen and oxygen atoms in total. The monoisotopic (exact) mass is 1620 g/mol. The second-order valence-corrected chi connectivity index (χ2v) is 30.0. The Balaban J connectivity index is 0.000000440. The molecule has 0 saturated heterocycles. The van der Waals surface area contributed by atoms with Gasteiger partial charge in [0.15, 0.2) is 0 Å². The van der Waals surface area contributed by atoms with Gasteiger partial charge in [0.25, 0.3) is 5.88 Å². The van der Waals surface area contributed by atoms with Crippen molar-refractivity contribution in [3.8, 4) is 39.7 Å². The minimum atomic E-state index is -5.85. The Morgan fingerprint density at radius 2 is 1.00 bits per heavy atom. The van der Waals surface area contributed by atoms with E-state index in [9.17, 15) is 36.0 Å². The number of nitrogens with one attached hydrogen (secondary N) is 6. The van der Waals surface area contributed by atoms with Crippen LogP contribution in [0.4, 0.5) is 33.2 Å². The number of ether oxygens (including phenoxy) is 2. The van der Waals surface area contributed by atoms with Gasteiger partial charge in [0.1, 0.15) is 11.2 Å². The van der Waals surface area contributed by atoms with Gasteiger partial charge in [0, 0.05) is 139 Å². The number of aromatic nitrogens is 8. The zero-order chi connectivity index (χ0) is 68.7. The molecule has 4 atom stereocenters. The average Bonchev–Trinajstić information content (AvgIpc) is 1.61. The first kappa shape index (κ1) is 91.2. The maximum Gasteiger partial charge on any atom is 2.00 e. The van der Waals surface area contributed by atoms with Gasteiger partial charge in [-0.3, -0.25) is 20.4 Å². The third kappa shape index (κ3) is 23.3. The van der Waals surface area contributed by atoms with E-state index in [2.05, 4.69) is 102 Å². The summed E-state index contributed by atoms with van der Waals surface area (Å²) >= 11 is 12.4. The van der Waals surface area contributed by atoms with Crippen molar-refractivity contribution in [2.45, 2.75) is 192 Å². The van der Waals surface area contributed by atoms with Crippen LogP contribution in [0.1, 0.15) is 144 Å². The number of hydrogen-bond acceptors (Lipinski definition) is 19. The number of anilines is 1. The molecule has 0 aliphatic carbocycles. The molecule has 8 aromatic heterocycles. The van der Waals surface area contributed by atoms with Crippen LogP contribution in [-0.4, -0.2) is 140 Å². The van der Waals surface area contributed by atoms with Gasteiger partial charge in [-0.15, -0.1) is 5.10 Å². The first-order chi connectivity index (χ1) is 44.8. The standard InChI is InChI=1S/C18H17ClN4OS.C16H21N3O2S.C13H18F3N3O5S.C11H13N3S.C4H5BO2S.4CH4.2CH3.Pd/c1-11-7-16-15(17(22-21-16)12-5-6-25-10-12)9-23(11)18(24)20-14-4-2-3-13(19)8-14;1-10-7-13-12(8-19(10)15(20)21-16(2,3)4)14(18-17-13)11-5-6-22-9-11;1-7-5-9-8(6-19(7)11(20)23-12(2,3)4)10(18-17-9)24-25(21,22)13(14,15)16;1-7-4-10-9(5-12-7)11(14-13-10)8-2-3-15-6-8;6-5(7)4-1-2-8-3-4;;;;;;;/h2-6,8,10-11H,7,9H2,1H3,(H,20,24)(H,21,22);5-6,9-10H,7-8H2,1-4H3,(H,17,18);7H,5-6H2,1-4H3,(H,17,18);2-3,6-7,12H,4-5H2,1H3,(H,13,14);1-3,6-7H;4*1H4;2*1H3;/q;;;;;;;;;2*-1;+2/t11-;10-;2*7-;;;;;;;;/m0000......../s1. The molecule has 102 heavy (non-hydrogen) atoms. The topological polar surface area (TPSA) is 302 Å². The number of hydrogen-bond donors (Lipinski definition) is 8. The molecule has 9 aromatic rings. The molecule has 34 heteroatoms. The van der Waals surface area contributed by atoms with Crippen LogP contribution in [0.5, 0.6) is 5.88 Å². The largest absolute Gasteiger partial charge is 2.00 e. The summed E-state index contributed by atoms with van der Waals surface area (Å²) in [7, 11) is -7.16. The van der Waals surface area contributed by atoms with Gasteiger partial charge in [0.2, 0.25) is 0 Å². The number of nitrogens with zero attached hydrogens (tertiary/aromatic N) is 7. The summed E-state index contributed by atoms with van der Waals surface area (Å²) in [5.41, 5.74) is 8.38. The van der Waals surface area contributed by atoms with Gasteiger partial charge >= 0.3 is 61.4 Å². The summed E-state index contributed by atoms with van der Waals surface area (Å²) in [4.78, 5) is 42.3. The minimum Gasteiger partial charge on any atom is -0.444 e. The Hall–Kier alpha value is -6.89. The molecule has 12 heterocycles. The van der Waals surface area contributed by atoms with E-state index in [1.807, 2.05) is 62.4 Å². The van der Waals surface area contributed by atoms with E-state index in [1.54, 1.807) is 95.6 Å². The number of thiophene rings is 4. The molecule has 564 valence electrons. The predicted molar refractivity (Wildman–Crippen MR) is 403 cm³/mol. The SMILES string of the molecule is C.C.C.C.C[C@H]1Cc2[nH]nc(-c3ccsc3)c2CN1.C[C@H]1Cc2[nH]nc(-c3ccsc3)c2CN1C(=O)Nc1cccc(Cl)c1.C[C@H]1Cc2[nH]nc(-c3ccsc3)c2CN1C(=O)OC(C)(C)C.C[C@H]1Cc2[nH]nc(OS(=O)(=O)C(F)(F)F)c2CN1C(=O)OC(C)(C)C.OB(O)c1ccsc1.[CH3-].[CH3-].[Pd+2]. The van der Waals surface area contributed by atoms with Crippen LogP contribution >= 0.6 is 56.9 Å². The quantitative estimate of drug-likeness (QED) is 0.0318. The molecule has 4 amide bonds. The summed E-state index contributed by atoms with van der Waals surface area (Å²) in [5.74, 6) is -0.729. The van der Waals surface area contributed by atoms with E-state index in [4.69, 9.17) is 31.1 Å². The number of urea groups is 1. The van der Waals surface area contributed by atoms with Gasteiger partial charge in [-0.1, -0.05) is 53.4 Å². The van der Waals surface area contributed by atoms with E-state index < -0.39 is 45.9 Å². The van der Waals surface area contributed by atoms with Crippen LogP contribution in [0.2, 0.25) is 5.02 Å². The fourth-order valence-electron chi connectivity index (χ4n) is 10.5. The summed E-state index contributed by atoms with van der Waals surface area (Å²) in [6.45, 7) is 20.5. The van der Waals surface area contributed by atoms with Gasteiger partial charge in [-0.2, -0.15) is 82.2 Å². The van der Waals surface area contributed by atoms with Crippen molar-refractivity contribution < 1.29 is 80.1 Å². The Kier molecular flexibility index (Phi) is 34.6. The van der Waals surface area contributed by atoms with Crippen LogP contribution in [0.15, 0.2) is 91.6 Å². The maximum absolute atomic E-state index is 12.8. The van der Waals surface area contributed by atoms with Gasteiger partial charge in [-0.25, -0.2) is 14.4 Å². The Morgan fingerprint density at radius 3 is 1.40 bits per heavy atom. The number of rotatable bonds is 7. The number of aromatic amines is 4. The van der Waals surface area contributed by atoms with Crippen molar-refractivity contribution in [1.82, 2.24) is 60.8 Å². The Labute approximate surface area is 633 Å². The van der Waals surface area contributed by atoms with Crippen LogP contribution in [-0.2, 0) is 91.9 Å². The smallest absolute Gasteiger partial charge is 0.444 e. The first-order valence-electron chi connectivity index (χ1n) is 30.1. The molecule has 0 radical (unpaired) electrons. The van der Waals surface area contributed by atoms with E-state index in [-0.39, 0.29) is 114 Å². The summed E-state index contributed by atoms with van der Waals surface area (Å²) < 4.78 is 74.6. The molecule has 8 N–H and O–H groups in total. The first-order valence-corrected chi connectivity index (χ1v) is 35.7. The third-order valence-electron chi connectivity index (χ3n) is 15.3. The Morgan fingerprint density at radius 1 is 0.598 bits per heavy atom. The van der Waals surface area contributed by atoms with E-state index in [0.717, 1.165) is 76.5 Å². The summed E-state index contributed by atoms with van der Waals surface area (Å²) in [6.07, 6.45) is 1.88. The van der Waals surface area contributed by atoms with Gasteiger partial charge < -0.3 is 63.9 Å². The number of fused-ring (bicyclic) bond motifs is 4. The number of amides is 4. The molecule has 1 aromatic carbocycles. The molecule has 0 unspecified atom stereocenters. The van der Waals surface area contributed by atoms with Crippen molar-refractivity contribution in [3.63, 3.8) is 0 Å². The fraction of sp³-hybridized carbons (Fsp3) is 0.426. The number of carbonyl (C=O) groups is 3. The van der Waals surface area contributed by atoms with E-state index in [0.29, 0.717) is 41.0 Å². The van der Waals surface area contributed by atoms with Crippen molar-refractivity contribution in [2.75, 3.05) is 5.32 Å². The average molecular weight is 1630 g/mol. The number of H-pyrrole nitrogens is 4. The molecule has 4 aliphatic heterocycles. The van der Waals surface area contributed by atoms with Crippen LogP contribution in [0.25, 0.3) is 33.8 Å². The van der Waals surface area contributed by atoms with Crippen LogP contribution in [0.3, 0.4) is 0 Å². The van der Waals surface area contributed by atoms with Crippen molar-refractivity contribution in [2.24, 2.45) is 0 Å².